The number of halogens is 1. The summed E-state index contributed by atoms with van der Waals surface area (Å²) in [4.78, 5) is 16.8. The Balaban J connectivity index is 1.68. The molecule has 27 heavy (non-hydrogen) atoms. The summed E-state index contributed by atoms with van der Waals surface area (Å²) in [6.07, 6.45) is 3.50. The zero-order valence-corrected chi connectivity index (χ0v) is 15.4. The summed E-state index contributed by atoms with van der Waals surface area (Å²) in [5, 5.41) is 2.93. The van der Waals surface area contributed by atoms with Crippen molar-refractivity contribution in [2.75, 3.05) is 0 Å². The van der Waals surface area contributed by atoms with Crippen LogP contribution in [0.15, 0.2) is 60.9 Å². The molecule has 1 aromatic heterocycles. The van der Waals surface area contributed by atoms with Crippen LogP contribution in [0.3, 0.4) is 0 Å². The molecule has 0 aliphatic rings. The molecule has 0 fully saturated rings. The molecule has 0 aliphatic heterocycles. The van der Waals surface area contributed by atoms with Gasteiger partial charge in [0, 0.05) is 18.9 Å². The maximum absolute atomic E-state index is 13.0. The van der Waals surface area contributed by atoms with Gasteiger partial charge in [-0.2, -0.15) is 0 Å². The molecule has 0 spiro atoms. The van der Waals surface area contributed by atoms with Crippen molar-refractivity contribution in [3.63, 3.8) is 0 Å². The highest BCUT2D eigenvalue weighted by Crippen LogP contribution is 2.17. The third kappa shape index (κ3) is 4.53. The summed E-state index contributed by atoms with van der Waals surface area (Å²) in [7, 11) is 0. The first kappa shape index (κ1) is 18.6. The van der Waals surface area contributed by atoms with Gasteiger partial charge in [-0.05, 0) is 49.2 Å². The summed E-state index contributed by atoms with van der Waals surface area (Å²) in [6, 6.07) is 13.5. The van der Waals surface area contributed by atoms with E-state index in [4.69, 9.17) is 4.74 Å². The Hall–Kier alpha value is -3.15. The molecule has 0 bridgehead atoms. The largest absolute Gasteiger partial charge is 0.481 e. The lowest BCUT2D eigenvalue weighted by Crippen LogP contribution is -2.37. The van der Waals surface area contributed by atoms with Crippen molar-refractivity contribution in [1.82, 2.24) is 14.9 Å². The van der Waals surface area contributed by atoms with Gasteiger partial charge in [0.2, 0.25) is 0 Å². The minimum atomic E-state index is -0.641. The third-order valence-corrected chi connectivity index (χ3v) is 4.29. The highest BCUT2D eigenvalue weighted by molar-refractivity contribution is 5.81. The van der Waals surface area contributed by atoms with E-state index in [1.54, 1.807) is 6.20 Å². The number of aryl methyl sites for hydroxylation is 1. The highest BCUT2D eigenvalue weighted by atomic mass is 19.1. The average molecular weight is 367 g/mol. The Morgan fingerprint density at radius 3 is 2.63 bits per heavy atom. The van der Waals surface area contributed by atoms with Crippen LogP contribution in [0.25, 0.3) is 5.69 Å². The van der Waals surface area contributed by atoms with E-state index in [0.29, 0.717) is 18.7 Å². The van der Waals surface area contributed by atoms with Gasteiger partial charge in [-0.15, -0.1) is 0 Å². The smallest absolute Gasteiger partial charge is 0.261 e. The topological polar surface area (TPSA) is 56.1 Å². The first-order valence-corrected chi connectivity index (χ1v) is 8.86. The standard InChI is InChI=1S/C21H22FN3O2/c1-3-20(27-18-10-8-17(22)9-11-18)21(26)24-14-16-6-4-5-7-19(16)25-13-12-23-15(25)2/h4-13,20H,3,14H2,1-2H3,(H,24,26)/t20-/m1/s1. The van der Waals surface area contributed by atoms with Crippen LogP contribution < -0.4 is 10.1 Å². The van der Waals surface area contributed by atoms with E-state index in [2.05, 4.69) is 10.3 Å². The summed E-state index contributed by atoms with van der Waals surface area (Å²) in [5.41, 5.74) is 1.95. The summed E-state index contributed by atoms with van der Waals surface area (Å²) >= 11 is 0. The van der Waals surface area contributed by atoms with Crippen LogP contribution in [0.2, 0.25) is 0 Å². The van der Waals surface area contributed by atoms with Crippen LogP contribution in [0, 0.1) is 12.7 Å². The molecule has 140 valence electrons. The Bertz CT molecular complexity index is 906. The number of carbonyl (C=O) groups excluding carboxylic acids is 1. The second-order valence-corrected chi connectivity index (χ2v) is 6.16. The predicted molar refractivity (Wildman–Crippen MR) is 101 cm³/mol. The number of rotatable bonds is 7. The molecule has 0 saturated carbocycles. The molecule has 3 aromatic rings. The monoisotopic (exact) mass is 367 g/mol. The highest BCUT2D eigenvalue weighted by Gasteiger charge is 2.18. The quantitative estimate of drug-likeness (QED) is 0.691. The molecular formula is C21H22FN3O2. The molecule has 1 heterocycles. The van der Waals surface area contributed by atoms with Crippen LogP contribution in [-0.4, -0.2) is 21.6 Å². The number of carbonyl (C=O) groups is 1. The molecule has 0 radical (unpaired) electrons. The minimum Gasteiger partial charge on any atom is -0.481 e. The molecule has 3 rings (SSSR count). The van der Waals surface area contributed by atoms with Gasteiger partial charge in [0.05, 0.1) is 5.69 Å². The lowest BCUT2D eigenvalue weighted by atomic mass is 10.1. The zero-order valence-electron chi connectivity index (χ0n) is 15.4. The zero-order chi connectivity index (χ0) is 19.2. The van der Waals surface area contributed by atoms with Crippen LogP contribution in [0.4, 0.5) is 4.39 Å². The first-order valence-electron chi connectivity index (χ1n) is 8.86. The molecule has 1 N–H and O–H groups in total. The Morgan fingerprint density at radius 1 is 1.22 bits per heavy atom. The van der Waals surface area contributed by atoms with Gasteiger partial charge in [-0.3, -0.25) is 4.79 Å². The lowest BCUT2D eigenvalue weighted by Gasteiger charge is -2.18. The Morgan fingerprint density at radius 2 is 1.96 bits per heavy atom. The maximum Gasteiger partial charge on any atom is 0.261 e. The number of hydrogen-bond acceptors (Lipinski definition) is 3. The number of benzene rings is 2. The second-order valence-electron chi connectivity index (χ2n) is 6.16. The summed E-state index contributed by atoms with van der Waals surface area (Å²) in [6.45, 7) is 4.17. The molecule has 6 heteroatoms. The van der Waals surface area contributed by atoms with Crippen molar-refractivity contribution in [2.45, 2.75) is 32.9 Å². The SMILES string of the molecule is CC[C@@H](Oc1ccc(F)cc1)C(=O)NCc1ccccc1-n1ccnc1C. The molecule has 5 nitrogen and oxygen atoms in total. The van der Waals surface area contributed by atoms with Gasteiger partial charge in [0.1, 0.15) is 17.4 Å². The fourth-order valence-electron chi connectivity index (χ4n) is 2.82. The van der Waals surface area contributed by atoms with E-state index < -0.39 is 6.10 Å². The van der Waals surface area contributed by atoms with Crippen LogP contribution in [-0.2, 0) is 11.3 Å². The van der Waals surface area contributed by atoms with Crippen LogP contribution in [0.5, 0.6) is 5.75 Å². The minimum absolute atomic E-state index is 0.209. The molecule has 0 unspecified atom stereocenters. The van der Waals surface area contributed by atoms with Gasteiger partial charge in [0.25, 0.3) is 5.91 Å². The number of nitrogens with zero attached hydrogens (tertiary/aromatic N) is 2. The van der Waals surface area contributed by atoms with Crippen LogP contribution in [0.1, 0.15) is 24.7 Å². The summed E-state index contributed by atoms with van der Waals surface area (Å²) < 4.78 is 20.7. The number of para-hydroxylation sites is 1. The van der Waals surface area contributed by atoms with Crippen molar-refractivity contribution in [1.29, 1.82) is 0 Å². The fraction of sp³-hybridized carbons (Fsp3) is 0.238. The van der Waals surface area contributed by atoms with E-state index in [9.17, 15) is 9.18 Å². The van der Waals surface area contributed by atoms with E-state index in [0.717, 1.165) is 17.1 Å². The number of ether oxygens (including phenoxy) is 1. The molecule has 2 aromatic carbocycles. The molecule has 1 atom stereocenters. The first-order chi connectivity index (χ1) is 13.1. The lowest BCUT2D eigenvalue weighted by molar-refractivity contribution is -0.128. The third-order valence-electron chi connectivity index (χ3n) is 4.29. The predicted octanol–water partition coefficient (Wildman–Crippen LogP) is 3.79. The van der Waals surface area contributed by atoms with Crippen molar-refractivity contribution < 1.29 is 13.9 Å². The van der Waals surface area contributed by atoms with E-state index in [-0.39, 0.29) is 11.7 Å². The number of nitrogens with one attached hydrogen (secondary N) is 1. The maximum atomic E-state index is 13.0. The van der Waals surface area contributed by atoms with Gasteiger partial charge < -0.3 is 14.6 Å². The fourth-order valence-corrected chi connectivity index (χ4v) is 2.82. The van der Waals surface area contributed by atoms with Crippen molar-refractivity contribution in [3.8, 4) is 11.4 Å². The van der Waals surface area contributed by atoms with Gasteiger partial charge in [-0.1, -0.05) is 25.1 Å². The number of amides is 1. The van der Waals surface area contributed by atoms with Gasteiger partial charge in [-0.25, -0.2) is 9.37 Å². The Kier molecular flexibility index (Phi) is 5.86. The molecule has 0 aliphatic carbocycles. The number of hydrogen-bond donors (Lipinski definition) is 1. The number of aromatic nitrogens is 2. The molecule has 1 amide bonds. The van der Waals surface area contributed by atoms with Crippen molar-refractivity contribution in [2.24, 2.45) is 0 Å². The van der Waals surface area contributed by atoms with E-state index in [1.807, 2.05) is 48.9 Å². The van der Waals surface area contributed by atoms with Crippen molar-refractivity contribution in [3.05, 3.63) is 78.1 Å². The summed E-state index contributed by atoms with van der Waals surface area (Å²) in [5.74, 6) is 0.790. The second kappa shape index (κ2) is 8.49. The number of imidazole rings is 1. The molecular weight excluding hydrogens is 345 g/mol. The van der Waals surface area contributed by atoms with Crippen LogP contribution >= 0.6 is 0 Å². The molecule has 0 saturated heterocycles. The van der Waals surface area contributed by atoms with Gasteiger partial charge in [0.15, 0.2) is 6.10 Å². The van der Waals surface area contributed by atoms with Gasteiger partial charge >= 0.3 is 0 Å². The Labute approximate surface area is 157 Å². The average Bonchev–Trinajstić information content (AvgIpc) is 3.11. The van der Waals surface area contributed by atoms with E-state index >= 15 is 0 Å². The normalized spacial score (nSPS) is 11.8. The van der Waals surface area contributed by atoms with E-state index in [1.165, 1.54) is 24.3 Å². The van der Waals surface area contributed by atoms with Crippen molar-refractivity contribution >= 4 is 5.91 Å².